The zero-order chi connectivity index (χ0) is 20.6. The maximum atomic E-state index is 12.3. The summed E-state index contributed by atoms with van der Waals surface area (Å²) < 4.78 is 5.03. The van der Waals surface area contributed by atoms with Crippen LogP contribution in [0.2, 0.25) is 0 Å². The molecule has 9 heteroatoms. The highest BCUT2D eigenvalue weighted by atomic mass is 32.1. The molecule has 3 amide bonds. The molecule has 7 nitrogen and oxygen atoms in total. The van der Waals surface area contributed by atoms with E-state index in [2.05, 4.69) is 15.6 Å². The first-order chi connectivity index (χ1) is 14.0. The van der Waals surface area contributed by atoms with Crippen molar-refractivity contribution in [3.63, 3.8) is 0 Å². The number of carbonyl (C=O) groups excluding carboxylic acids is 3. The number of thiophene rings is 1. The van der Waals surface area contributed by atoms with Gasteiger partial charge in [-0.1, -0.05) is 36.4 Å². The average molecular weight is 430 g/mol. The first kappa shape index (κ1) is 20.7. The standard InChI is InChI=1S/C20H19N3O4S2/c1-13-17(29-18(22-13)14-6-3-2-4-7-14)19(25)27-12-16(24)23-20(26)21-10-9-15-8-5-11-28-15/h2-8,11H,9-10,12H2,1H3,(H2,21,23,24,26). The minimum absolute atomic E-state index is 0.331. The van der Waals surface area contributed by atoms with E-state index in [1.54, 1.807) is 18.3 Å². The van der Waals surface area contributed by atoms with Crippen molar-refractivity contribution in [3.8, 4) is 10.6 Å². The van der Waals surface area contributed by atoms with Crippen LogP contribution in [0.25, 0.3) is 10.6 Å². The predicted octanol–water partition coefficient (Wildman–Crippen LogP) is 3.41. The van der Waals surface area contributed by atoms with Crippen molar-refractivity contribution in [2.45, 2.75) is 13.3 Å². The van der Waals surface area contributed by atoms with Crippen LogP contribution in [-0.2, 0) is 16.0 Å². The number of aromatic nitrogens is 1. The van der Waals surface area contributed by atoms with Crippen LogP contribution in [0.3, 0.4) is 0 Å². The molecule has 0 atom stereocenters. The maximum absolute atomic E-state index is 12.3. The number of nitrogens with one attached hydrogen (secondary N) is 2. The summed E-state index contributed by atoms with van der Waals surface area (Å²) in [6.07, 6.45) is 0.683. The Balaban J connectivity index is 1.44. The van der Waals surface area contributed by atoms with Gasteiger partial charge in [0.1, 0.15) is 9.88 Å². The van der Waals surface area contributed by atoms with Gasteiger partial charge < -0.3 is 10.1 Å². The number of nitrogens with zero attached hydrogens (tertiary/aromatic N) is 1. The van der Waals surface area contributed by atoms with E-state index in [1.165, 1.54) is 11.3 Å². The molecule has 3 aromatic rings. The van der Waals surface area contributed by atoms with E-state index in [1.807, 2.05) is 47.8 Å². The summed E-state index contributed by atoms with van der Waals surface area (Å²) in [7, 11) is 0. The van der Waals surface area contributed by atoms with Gasteiger partial charge in [-0.05, 0) is 24.8 Å². The zero-order valence-electron chi connectivity index (χ0n) is 15.6. The van der Waals surface area contributed by atoms with Crippen LogP contribution in [0.1, 0.15) is 20.2 Å². The number of imide groups is 1. The van der Waals surface area contributed by atoms with E-state index in [0.717, 1.165) is 10.4 Å². The summed E-state index contributed by atoms with van der Waals surface area (Å²) >= 11 is 2.80. The van der Waals surface area contributed by atoms with Crippen molar-refractivity contribution in [1.29, 1.82) is 0 Å². The minimum atomic E-state index is -0.697. The van der Waals surface area contributed by atoms with Gasteiger partial charge in [0.25, 0.3) is 5.91 Å². The summed E-state index contributed by atoms with van der Waals surface area (Å²) in [6, 6.07) is 12.8. The van der Waals surface area contributed by atoms with Crippen molar-refractivity contribution in [1.82, 2.24) is 15.6 Å². The lowest BCUT2D eigenvalue weighted by atomic mass is 10.2. The number of thiazole rings is 1. The van der Waals surface area contributed by atoms with Gasteiger partial charge in [-0.3, -0.25) is 10.1 Å². The number of hydrogen-bond acceptors (Lipinski definition) is 7. The van der Waals surface area contributed by atoms with Crippen molar-refractivity contribution in [2.75, 3.05) is 13.2 Å². The highest BCUT2D eigenvalue weighted by molar-refractivity contribution is 7.17. The van der Waals surface area contributed by atoms with Gasteiger partial charge in [0.15, 0.2) is 6.61 Å². The molecule has 0 saturated heterocycles. The second kappa shape index (κ2) is 9.94. The van der Waals surface area contributed by atoms with Gasteiger partial charge in [0, 0.05) is 17.0 Å². The lowest BCUT2D eigenvalue weighted by Gasteiger charge is -2.06. The smallest absolute Gasteiger partial charge is 0.350 e. The average Bonchev–Trinajstić information content (AvgIpc) is 3.36. The van der Waals surface area contributed by atoms with Gasteiger partial charge >= 0.3 is 12.0 Å². The number of urea groups is 1. The molecule has 0 saturated carbocycles. The molecule has 0 radical (unpaired) electrons. The lowest BCUT2D eigenvalue weighted by molar-refractivity contribution is -0.123. The molecule has 0 aliphatic carbocycles. The van der Waals surface area contributed by atoms with E-state index in [9.17, 15) is 14.4 Å². The molecule has 2 aromatic heterocycles. The fourth-order valence-electron chi connectivity index (χ4n) is 2.45. The highest BCUT2D eigenvalue weighted by Crippen LogP contribution is 2.28. The molecule has 0 unspecified atom stereocenters. The summed E-state index contributed by atoms with van der Waals surface area (Å²) in [5, 5.41) is 7.38. The number of esters is 1. The Bertz CT molecular complexity index is 985. The number of hydrogen-bond donors (Lipinski definition) is 2. The molecule has 0 spiro atoms. The molecule has 0 aliphatic rings. The molecule has 0 bridgehead atoms. The normalized spacial score (nSPS) is 10.4. The number of benzene rings is 1. The Morgan fingerprint density at radius 2 is 1.90 bits per heavy atom. The first-order valence-electron chi connectivity index (χ1n) is 8.83. The van der Waals surface area contributed by atoms with E-state index in [4.69, 9.17) is 4.74 Å². The van der Waals surface area contributed by atoms with Crippen LogP contribution in [0, 0.1) is 6.92 Å². The second-order valence-corrected chi connectivity index (χ2v) is 8.04. The number of amides is 3. The van der Waals surface area contributed by atoms with Crippen LogP contribution >= 0.6 is 22.7 Å². The monoisotopic (exact) mass is 429 g/mol. The summed E-state index contributed by atoms with van der Waals surface area (Å²) in [4.78, 5) is 41.7. The van der Waals surface area contributed by atoms with Gasteiger partial charge in [0.05, 0.1) is 5.69 Å². The fraction of sp³-hybridized carbons (Fsp3) is 0.200. The summed E-state index contributed by atoms with van der Waals surface area (Å²) in [5.41, 5.74) is 1.43. The number of rotatable bonds is 7. The minimum Gasteiger partial charge on any atom is -0.451 e. The van der Waals surface area contributed by atoms with E-state index in [-0.39, 0.29) is 0 Å². The van der Waals surface area contributed by atoms with Crippen molar-refractivity contribution in [3.05, 3.63) is 63.3 Å². The second-order valence-electron chi connectivity index (χ2n) is 6.01. The molecular formula is C20H19N3O4S2. The molecule has 3 rings (SSSR count). The summed E-state index contributed by atoms with van der Waals surface area (Å²) in [5.74, 6) is -1.34. The Kier molecular flexibility index (Phi) is 7.09. The van der Waals surface area contributed by atoms with Gasteiger partial charge in [-0.2, -0.15) is 0 Å². The van der Waals surface area contributed by atoms with Crippen LogP contribution in [0.4, 0.5) is 4.79 Å². The van der Waals surface area contributed by atoms with Crippen molar-refractivity contribution in [2.24, 2.45) is 0 Å². The van der Waals surface area contributed by atoms with Gasteiger partial charge in [-0.15, -0.1) is 22.7 Å². The molecule has 2 heterocycles. The number of carbonyl (C=O) groups is 3. The van der Waals surface area contributed by atoms with E-state index >= 15 is 0 Å². The Morgan fingerprint density at radius 1 is 1.10 bits per heavy atom. The maximum Gasteiger partial charge on any atom is 0.350 e. The third-order valence-electron chi connectivity index (χ3n) is 3.83. The topological polar surface area (TPSA) is 97.4 Å². The molecule has 29 heavy (non-hydrogen) atoms. The van der Waals surface area contributed by atoms with E-state index < -0.39 is 24.5 Å². The zero-order valence-corrected chi connectivity index (χ0v) is 17.3. The SMILES string of the molecule is Cc1nc(-c2ccccc2)sc1C(=O)OCC(=O)NC(=O)NCCc1cccs1. The third kappa shape index (κ3) is 5.97. The molecule has 1 aromatic carbocycles. The fourth-order valence-corrected chi connectivity index (χ4v) is 4.12. The Hall–Kier alpha value is -3.04. The largest absolute Gasteiger partial charge is 0.451 e. The highest BCUT2D eigenvalue weighted by Gasteiger charge is 2.19. The number of ether oxygens (including phenoxy) is 1. The quantitative estimate of drug-likeness (QED) is 0.561. The Morgan fingerprint density at radius 3 is 2.62 bits per heavy atom. The van der Waals surface area contributed by atoms with Crippen molar-refractivity contribution < 1.29 is 19.1 Å². The molecule has 0 fully saturated rings. The molecule has 150 valence electrons. The number of aryl methyl sites for hydroxylation is 1. The molecule has 0 aliphatic heterocycles. The van der Waals surface area contributed by atoms with Crippen LogP contribution < -0.4 is 10.6 Å². The lowest BCUT2D eigenvalue weighted by Crippen LogP contribution is -2.42. The van der Waals surface area contributed by atoms with Crippen LogP contribution in [0.5, 0.6) is 0 Å². The molecule has 2 N–H and O–H groups in total. The van der Waals surface area contributed by atoms with E-state index in [0.29, 0.717) is 28.5 Å². The van der Waals surface area contributed by atoms with Crippen LogP contribution in [0.15, 0.2) is 47.8 Å². The van der Waals surface area contributed by atoms with Crippen LogP contribution in [-0.4, -0.2) is 36.0 Å². The van der Waals surface area contributed by atoms with Gasteiger partial charge in [-0.25, -0.2) is 14.6 Å². The van der Waals surface area contributed by atoms with Crippen molar-refractivity contribution >= 4 is 40.6 Å². The molecular weight excluding hydrogens is 410 g/mol. The van der Waals surface area contributed by atoms with Gasteiger partial charge in [0.2, 0.25) is 0 Å². The first-order valence-corrected chi connectivity index (χ1v) is 10.5. The predicted molar refractivity (Wildman–Crippen MR) is 112 cm³/mol. The summed E-state index contributed by atoms with van der Waals surface area (Å²) in [6.45, 7) is 1.57. The Labute approximate surface area is 175 Å². The third-order valence-corrected chi connectivity index (χ3v) is 5.95.